The van der Waals surface area contributed by atoms with E-state index in [1.54, 1.807) is 6.07 Å². The van der Waals surface area contributed by atoms with Crippen LogP contribution in [-0.2, 0) is 0 Å². The Kier molecular flexibility index (Phi) is 3.31. The average Bonchev–Trinajstić information content (AvgIpc) is 2.50. The van der Waals surface area contributed by atoms with Crippen LogP contribution in [0.4, 0.5) is 14.5 Å². The number of fused-ring (bicyclic) bond motifs is 1. The van der Waals surface area contributed by atoms with Gasteiger partial charge in [-0.2, -0.15) is 0 Å². The number of aromatic nitrogens is 1. The molecule has 2 aromatic carbocycles. The molecular weight excluding hydrogens is 274 g/mol. The zero-order valence-corrected chi connectivity index (χ0v) is 10.8. The van der Waals surface area contributed by atoms with Gasteiger partial charge in [0.15, 0.2) is 11.6 Å². The molecule has 0 unspecified atom stereocenters. The summed E-state index contributed by atoms with van der Waals surface area (Å²) in [4.78, 5) is 16.2. The Morgan fingerprint density at radius 1 is 1.05 bits per heavy atom. The number of hydrogen-bond donors (Lipinski definition) is 1. The summed E-state index contributed by atoms with van der Waals surface area (Å²) in [7, 11) is 0. The van der Waals surface area contributed by atoms with Gasteiger partial charge < -0.3 is 5.32 Å². The number of anilines is 1. The zero-order chi connectivity index (χ0) is 14.8. The Morgan fingerprint density at radius 2 is 1.86 bits per heavy atom. The highest BCUT2D eigenvalue weighted by atomic mass is 19.2. The number of benzene rings is 2. The molecule has 0 atom stereocenters. The number of pyridine rings is 1. The summed E-state index contributed by atoms with van der Waals surface area (Å²) in [5, 5.41) is 3.35. The Hall–Kier alpha value is -2.82. The van der Waals surface area contributed by atoms with Crippen LogP contribution >= 0.6 is 0 Å². The van der Waals surface area contributed by atoms with Crippen LogP contribution in [0.2, 0.25) is 0 Å². The maximum absolute atomic E-state index is 13.6. The predicted molar refractivity (Wildman–Crippen MR) is 76.1 cm³/mol. The molecule has 21 heavy (non-hydrogen) atoms. The van der Waals surface area contributed by atoms with Gasteiger partial charge in [-0.1, -0.05) is 24.3 Å². The van der Waals surface area contributed by atoms with Gasteiger partial charge in [0.05, 0.1) is 23.0 Å². The largest absolute Gasteiger partial charge is 0.320 e. The summed E-state index contributed by atoms with van der Waals surface area (Å²) in [6.07, 6.45) is 1.47. The van der Waals surface area contributed by atoms with Gasteiger partial charge in [-0.05, 0) is 24.3 Å². The Bertz CT molecular complexity index is 833. The van der Waals surface area contributed by atoms with E-state index in [4.69, 9.17) is 0 Å². The molecule has 1 aromatic heterocycles. The molecule has 0 bridgehead atoms. The molecule has 0 fully saturated rings. The molecular formula is C16H10F2N2O. The van der Waals surface area contributed by atoms with Crippen LogP contribution in [0.25, 0.3) is 10.9 Å². The summed E-state index contributed by atoms with van der Waals surface area (Å²) >= 11 is 0. The van der Waals surface area contributed by atoms with Crippen LogP contribution in [-0.4, -0.2) is 10.9 Å². The Labute approximate surface area is 119 Å². The van der Waals surface area contributed by atoms with E-state index >= 15 is 0 Å². The first-order valence-electron chi connectivity index (χ1n) is 6.25. The van der Waals surface area contributed by atoms with Gasteiger partial charge in [-0.15, -0.1) is 0 Å². The molecule has 0 aliphatic carbocycles. The lowest BCUT2D eigenvalue weighted by Gasteiger charge is -2.07. The molecule has 0 aliphatic heterocycles. The molecule has 3 nitrogen and oxygen atoms in total. The summed E-state index contributed by atoms with van der Waals surface area (Å²) in [6.45, 7) is 0. The van der Waals surface area contributed by atoms with Crippen LogP contribution in [0.5, 0.6) is 0 Å². The van der Waals surface area contributed by atoms with Crippen LogP contribution < -0.4 is 5.32 Å². The Morgan fingerprint density at radius 3 is 2.71 bits per heavy atom. The molecule has 1 heterocycles. The highest BCUT2D eigenvalue weighted by molar-refractivity contribution is 6.05. The predicted octanol–water partition coefficient (Wildman–Crippen LogP) is 3.77. The smallest absolute Gasteiger partial charge is 0.258 e. The van der Waals surface area contributed by atoms with Crippen molar-refractivity contribution in [1.29, 1.82) is 0 Å². The molecule has 5 heteroatoms. The summed E-state index contributed by atoms with van der Waals surface area (Å²) < 4.78 is 26.7. The minimum Gasteiger partial charge on any atom is -0.320 e. The molecule has 104 valence electrons. The van der Waals surface area contributed by atoms with E-state index in [1.807, 2.05) is 24.3 Å². The zero-order valence-electron chi connectivity index (χ0n) is 10.8. The molecule has 1 N–H and O–H groups in total. The topological polar surface area (TPSA) is 42.0 Å². The second kappa shape index (κ2) is 5.28. The SMILES string of the molecule is O=C(Nc1cnc2ccccc2c1)c1cccc(F)c1F. The Balaban J connectivity index is 1.91. The van der Waals surface area contributed by atoms with Crippen molar-refractivity contribution in [3.05, 3.63) is 71.9 Å². The maximum atomic E-state index is 13.6. The monoisotopic (exact) mass is 284 g/mol. The standard InChI is InChI=1S/C16H10F2N2O/c17-13-6-3-5-12(15(13)18)16(21)20-11-8-10-4-1-2-7-14(10)19-9-11/h1-9H,(H,20,21). The van der Waals surface area contributed by atoms with Crippen molar-refractivity contribution in [2.75, 3.05) is 5.32 Å². The molecule has 0 saturated heterocycles. The van der Waals surface area contributed by atoms with Crippen molar-refractivity contribution in [3.8, 4) is 0 Å². The van der Waals surface area contributed by atoms with E-state index in [0.29, 0.717) is 5.69 Å². The lowest BCUT2D eigenvalue weighted by molar-refractivity contribution is 0.102. The number of hydrogen-bond acceptors (Lipinski definition) is 2. The molecule has 1 amide bonds. The average molecular weight is 284 g/mol. The number of para-hydroxylation sites is 1. The number of carbonyl (C=O) groups is 1. The van der Waals surface area contributed by atoms with Crippen molar-refractivity contribution < 1.29 is 13.6 Å². The van der Waals surface area contributed by atoms with Crippen LogP contribution in [0.3, 0.4) is 0 Å². The van der Waals surface area contributed by atoms with Crippen LogP contribution in [0.1, 0.15) is 10.4 Å². The van der Waals surface area contributed by atoms with E-state index in [2.05, 4.69) is 10.3 Å². The summed E-state index contributed by atoms with van der Waals surface area (Å²) in [5.74, 6) is -2.94. The molecule has 0 radical (unpaired) electrons. The van der Waals surface area contributed by atoms with Crippen molar-refractivity contribution >= 4 is 22.5 Å². The third-order valence-electron chi connectivity index (χ3n) is 3.04. The molecule has 3 rings (SSSR count). The number of halogens is 2. The van der Waals surface area contributed by atoms with E-state index in [1.165, 1.54) is 18.3 Å². The molecule has 0 saturated carbocycles. The highest BCUT2D eigenvalue weighted by Crippen LogP contribution is 2.18. The van der Waals surface area contributed by atoms with E-state index in [-0.39, 0.29) is 5.56 Å². The molecule has 3 aromatic rings. The number of nitrogens with zero attached hydrogens (tertiary/aromatic N) is 1. The first-order chi connectivity index (χ1) is 10.1. The van der Waals surface area contributed by atoms with Crippen LogP contribution in [0, 0.1) is 11.6 Å². The van der Waals surface area contributed by atoms with Gasteiger partial charge in [-0.25, -0.2) is 8.78 Å². The number of nitrogens with one attached hydrogen (secondary N) is 1. The first-order valence-corrected chi connectivity index (χ1v) is 6.25. The van der Waals surface area contributed by atoms with E-state index < -0.39 is 17.5 Å². The second-order valence-corrected chi connectivity index (χ2v) is 4.47. The highest BCUT2D eigenvalue weighted by Gasteiger charge is 2.15. The third-order valence-corrected chi connectivity index (χ3v) is 3.04. The second-order valence-electron chi connectivity index (χ2n) is 4.47. The quantitative estimate of drug-likeness (QED) is 0.778. The molecule has 0 aliphatic rings. The first kappa shape index (κ1) is 13.2. The van der Waals surface area contributed by atoms with Gasteiger partial charge in [-0.3, -0.25) is 9.78 Å². The number of rotatable bonds is 2. The van der Waals surface area contributed by atoms with Gasteiger partial charge in [0.2, 0.25) is 0 Å². The minimum atomic E-state index is -1.16. The van der Waals surface area contributed by atoms with E-state index in [0.717, 1.165) is 17.0 Å². The van der Waals surface area contributed by atoms with E-state index in [9.17, 15) is 13.6 Å². The third kappa shape index (κ3) is 2.58. The fraction of sp³-hybridized carbons (Fsp3) is 0. The van der Waals surface area contributed by atoms with Crippen molar-refractivity contribution in [1.82, 2.24) is 4.98 Å². The minimum absolute atomic E-state index is 0.344. The van der Waals surface area contributed by atoms with Gasteiger partial charge >= 0.3 is 0 Å². The fourth-order valence-electron chi connectivity index (χ4n) is 2.02. The van der Waals surface area contributed by atoms with Crippen LogP contribution in [0.15, 0.2) is 54.7 Å². The van der Waals surface area contributed by atoms with Gasteiger partial charge in [0, 0.05) is 5.39 Å². The summed E-state index contributed by atoms with van der Waals surface area (Å²) in [5.41, 5.74) is 0.859. The number of carbonyl (C=O) groups excluding carboxylic acids is 1. The maximum Gasteiger partial charge on any atom is 0.258 e. The van der Waals surface area contributed by atoms with Crippen molar-refractivity contribution in [2.24, 2.45) is 0 Å². The van der Waals surface area contributed by atoms with Crippen molar-refractivity contribution in [2.45, 2.75) is 0 Å². The fourth-order valence-corrected chi connectivity index (χ4v) is 2.02. The van der Waals surface area contributed by atoms with Gasteiger partial charge in [0.25, 0.3) is 5.91 Å². The van der Waals surface area contributed by atoms with Gasteiger partial charge in [0.1, 0.15) is 0 Å². The lowest BCUT2D eigenvalue weighted by atomic mass is 10.1. The van der Waals surface area contributed by atoms with Crippen molar-refractivity contribution in [3.63, 3.8) is 0 Å². The normalized spacial score (nSPS) is 10.6. The number of amides is 1. The summed E-state index contributed by atoms with van der Waals surface area (Å²) in [6, 6.07) is 12.6. The lowest BCUT2D eigenvalue weighted by Crippen LogP contribution is -2.14. The molecule has 0 spiro atoms.